The van der Waals surface area contributed by atoms with Gasteiger partial charge in [0, 0.05) is 31.9 Å². The zero-order valence-corrected chi connectivity index (χ0v) is 13.0. The molecule has 0 aromatic carbocycles. The van der Waals surface area contributed by atoms with Gasteiger partial charge in [-0.25, -0.2) is 0 Å². The van der Waals surface area contributed by atoms with Crippen LogP contribution in [0.25, 0.3) is 0 Å². The fraction of sp³-hybridized carbons (Fsp3) is 0.714. The van der Waals surface area contributed by atoms with Crippen molar-refractivity contribution in [2.75, 3.05) is 13.1 Å². The first-order valence-corrected chi connectivity index (χ1v) is 6.99. The quantitative estimate of drug-likeness (QED) is 0.627. The van der Waals surface area contributed by atoms with Crippen LogP contribution in [-0.4, -0.2) is 34.9 Å². The van der Waals surface area contributed by atoms with Crippen molar-refractivity contribution < 1.29 is 0 Å². The summed E-state index contributed by atoms with van der Waals surface area (Å²) in [6.45, 7) is 12.1. The molecule has 0 fully saturated rings. The van der Waals surface area contributed by atoms with Gasteiger partial charge in [0.1, 0.15) is 0 Å². The third-order valence-electron chi connectivity index (χ3n) is 3.06. The minimum Gasteiger partial charge on any atom is -0.357 e. The normalized spacial score (nSPS) is 12.1. The molecule has 0 bridgehead atoms. The lowest BCUT2D eigenvalue weighted by molar-refractivity contribution is 0.700. The molecule has 0 aliphatic carbocycles. The maximum atomic E-state index is 4.60. The van der Waals surface area contributed by atoms with Gasteiger partial charge in [0.25, 0.3) is 0 Å². The average Bonchev–Trinajstić information content (AvgIpc) is 2.55. The number of aryl methyl sites for hydroxylation is 2. The highest BCUT2D eigenvalue weighted by Gasteiger charge is 2.08. The molecule has 5 nitrogen and oxygen atoms in total. The standard InChI is InChI=1S/C14H27N5/c1-7-15-14(17-10(2)3)16-9-8-13-11(4)18-19(6)12(13)5/h10H,7-9H2,1-6H3,(H2,15,16,17). The molecule has 1 aromatic rings. The molecule has 19 heavy (non-hydrogen) atoms. The Hall–Kier alpha value is -1.52. The predicted octanol–water partition coefficient (Wildman–Crippen LogP) is 1.54. The second-order valence-electron chi connectivity index (χ2n) is 5.08. The molecule has 0 unspecified atom stereocenters. The van der Waals surface area contributed by atoms with E-state index in [1.807, 2.05) is 11.7 Å². The molecule has 1 aromatic heterocycles. The van der Waals surface area contributed by atoms with Gasteiger partial charge in [-0.2, -0.15) is 5.10 Å². The summed E-state index contributed by atoms with van der Waals surface area (Å²) in [5, 5.41) is 11.0. The van der Waals surface area contributed by atoms with E-state index in [-0.39, 0.29) is 0 Å². The number of hydrogen-bond acceptors (Lipinski definition) is 2. The van der Waals surface area contributed by atoms with Gasteiger partial charge in [-0.1, -0.05) is 0 Å². The Labute approximate surface area is 116 Å². The fourth-order valence-corrected chi connectivity index (χ4v) is 2.05. The highest BCUT2D eigenvalue weighted by Crippen LogP contribution is 2.12. The molecule has 0 radical (unpaired) electrons. The van der Waals surface area contributed by atoms with Crippen molar-refractivity contribution in [3.63, 3.8) is 0 Å². The van der Waals surface area contributed by atoms with Crippen LogP contribution >= 0.6 is 0 Å². The molecule has 1 rings (SSSR count). The third kappa shape index (κ3) is 4.58. The van der Waals surface area contributed by atoms with Gasteiger partial charge in [-0.15, -0.1) is 0 Å². The van der Waals surface area contributed by atoms with Crippen molar-refractivity contribution in [3.8, 4) is 0 Å². The summed E-state index contributed by atoms with van der Waals surface area (Å²) in [5.41, 5.74) is 3.65. The number of hydrogen-bond donors (Lipinski definition) is 2. The van der Waals surface area contributed by atoms with Gasteiger partial charge < -0.3 is 10.6 Å². The van der Waals surface area contributed by atoms with Gasteiger partial charge in [-0.3, -0.25) is 9.67 Å². The number of aromatic nitrogens is 2. The molecule has 0 saturated carbocycles. The van der Waals surface area contributed by atoms with Crippen LogP contribution in [0.4, 0.5) is 0 Å². The molecule has 2 N–H and O–H groups in total. The van der Waals surface area contributed by atoms with Crippen LogP contribution in [0.2, 0.25) is 0 Å². The zero-order valence-electron chi connectivity index (χ0n) is 13.0. The van der Waals surface area contributed by atoms with Crippen LogP contribution < -0.4 is 10.6 Å². The van der Waals surface area contributed by atoms with Crippen LogP contribution in [0.15, 0.2) is 4.99 Å². The summed E-state index contributed by atoms with van der Waals surface area (Å²) in [5.74, 6) is 0.886. The molecular formula is C14H27N5. The summed E-state index contributed by atoms with van der Waals surface area (Å²) < 4.78 is 1.94. The largest absolute Gasteiger partial charge is 0.357 e. The smallest absolute Gasteiger partial charge is 0.191 e. The number of nitrogens with one attached hydrogen (secondary N) is 2. The number of aliphatic imine (C=N–C) groups is 1. The molecule has 0 aliphatic rings. The van der Waals surface area contributed by atoms with E-state index in [1.165, 1.54) is 11.3 Å². The topological polar surface area (TPSA) is 54.2 Å². The maximum Gasteiger partial charge on any atom is 0.191 e. The van der Waals surface area contributed by atoms with E-state index >= 15 is 0 Å². The number of nitrogens with zero attached hydrogens (tertiary/aromatic N) is 3. The van der Waals surface area contributed by atoms with Crippen LogP contribution in [0.3, 0.4) is 0 Å². The second kappa shape index (κ2) is 7.16. The Balaban J connectivity index is 2.63. The van der Waals surface area contributed by atoms with Gasteiger partial charge in [-0.05, 0) is 46.6 Å². The molecule has 0 amide bonds. The lowest BCUT2D eigenvalue weighted by Crippen LogP contribution is -2.41. The van der Waals surface area contributed by atoms with Gasteiger partial charge in [0.05, 0.1) is 5.69 Å². The highest BCUT2D eigenvalue weighted by atomic mass is 15.3. The maximum absolute atomic E-state index is 4.60. The van der Waals surface area contributed by atoms with Crippen molar-refractivity contribution in [3.05, 3.63) is 17.0 Å². The minimum atomic E-state index is 0.389. The van der Waals surface area contributed by atoms with Gasteiger partial charge in [0.15, 0.2) is 5.96 Å². The first-order valence-electron chi connectivity index (χ1n) is 6.99. The van der Waals surface area contributed by atoms with Crippen LogP contribution in [0.5, 0.6) is 0 Å². The first-order chi connectivity index (χ1) is 8.95. The van der Waals surface area contributed by atoms with Crippen molar-refractivity contribution in [2.24, 2.45) is 12.0 Å². The Morgan fingerprint density at radius 1 is 1.37 bits per heavy atom. The van der Waals surface area contributed by atoms with Gasteiger partial charge >= 0.3 is 0 Å². The Bertz CT molecular complexity index is 431. The third-order valence-corrected chi connectivity index (χ3v) is 3.06. The lowest BCUT2D eigenvalue weighted by atomic mass is 10.1. The summed E-state index contributed by atoms with van der Waals surface area (Å²) >= 11 is 0. The molecule has 5 heteroatoms. The summed E-state index contributed by atoms with van der Waals surface area (Å²) in [4.78, 5) is 4.60. The van der Waals surface area contributed by atoms with E-state index in [9.17, 15) is 0 Å². The van der Waals surface area contributed by atoms with E-state index in [0.29, 0.717) is 6.04 Å². The van der Waals surface area contributed by atoms with E-state index in [0.717, 1.165) is 31.2 Å². The van der Waals surface area contributed by atoms with Crippen LogP contribution in [0, 0.1) is 13.8 Å². The van der Waals surface area contributed by atoms with Crippen molar-refractivity contribution in [2.45, 2.75) is 47.1 Å². The van der Waals surface area contributed by atoms with Gasteiger partial charge in [0.2, 0.25) is 0 Å². The molecule has 0 aliphatic heterocycles. The predicted molar refractivity (Wildman–Crippen MR) is 80.6 cm³/mol. The average molecular weight is 265 g/mol. The van der Waals surface area contributed by atoms with Crippen molar-refractivity contribution >= 4 is 5.96 Å². The fourth-order valence-electron chi connectivity index (χ4n) is 2.05. The molecule has 1 heterocycles. The van der Waals surface area contributed by atoms with Crippen molar-refractivity contribution in [1.82, 2.24) is 20.4 Å². The molecule has 0 atom stereocenters. The molecular weight excluding hydrogens is 238 g/mol. The van der Waals surface area contributed by atoms with E-state index in [4.69, 9.17) is 0 Å². The lowest BCUT2D eigenvalue weighted by Gasteiger charge is -2.13. The van der Waals surface area contributed by atoms with E-state index < -0.39 is 0 Å². The van der Waals surface area contributed by atoms with Crippen LogP contribution in [-0.2, 0) is 13.5 Å². The summed E-state index contributed by atoms with van der Waals surface area (Å²) in [6, 6.07) is 0.389. The van der Waals surface area contributed by atoms with Crippen LogP contribution in [0.1, 0.15) is 37.7 Å². The first kappa shape index (κ1) is 15.5. The minimum absolute atomic E-state index is 0.389. The summed E-state index contributed by atoms with van der Waals surface area (Å²) in [6.07, 6.45) is 0.931. The molecule has 0 spiro atoms. The van der Waals surface area contributed by atoms with E-state index in [1.54, 1.807) is 0 Å². The monoisotopic (exact) mass is 265 g/mol. The highest BCUT2D eigenvalue weighted by molar-refractivity contribution is 5.79. The molecule has 108 valence electrons. The number of rotatable bonds is 5. The Morgan fingerprint density at radius 3 is 2.53 bits per heavy atom. The Kier molecular flexibility index (Phi) is 5.86. The summed E-state index contributed by atoms with van der Waals surface area (Å²) in [7, 11) is 1.99. The van der Waals surface area contributed by atoms with Crippen molar-refractivity contribution in [1.29, 1.82) is 0 Å². The van der Waals surface area contributed by atoms with E-state index in [2.05, 4.69) is 55.3 Å². The Morgan fingerprint density at radius 2 is 2.05 bits per heavy atom. The second-order valence-corrected chi connectivity index (χ2v) is 5.08. The SMILES string of the molecule is CCNC(=NCCc1c(C)nn(C)c1C)NC(C)C. The zero-order chi connectivity index (χ0) is 14.4. The molecule has 0 saturated heterocycles. The number of guanidine groups is 1.